The largest absolute Gasteiger partial charge is 0.416 e. The number of rotatable bonds is 4. The van der Waals surface area contributed by atoms with Crippen molar-refractivity contribution in [3.05, 3.63) is 77.9 Å². The zero-order chi connectivity index (χ0) is 20.3. The van der Waals surface area contributed by atoms with Crippen LogP contribution in [0.3, 0.4) is 0 Å². The second-order valence-corrected chi connectivity index (χ2v) is 6.94. The molecule has 1 amide bonds. The number of thioether (sulfide) groups is 1. The Morgan fingerprint density at radius 1 is 0.929 bits per heavy atom. The van der Waals surface area contributed by atoms with E-state index in [4.69, 9.17) is 5.73 Å². The maximum Gasteiger partial charge on any atom is 0.416 e. The molecule has 0 saturated carbocycles. The van der Waals surface area contributed by atoms with Crippen molar-refractivity contribution in [1.82, 2.24) is 0 Å². The summed E-state index contributed by atoms with van der Waals surface area (Å²) in [5, 5.41) is 2.76. The molecule has 0 aliphatic carbocycles. The lowest BCUT2D eigenvalue weighted by Crippen LogP contribution is -2.13. The first-order valence-electron chi connectivity index (χ1n) is 8.30. The molecule has 3 aromatic rings. The first kappa shape index (κ1) is 19.8. The molecular weight excluding hydrogens is 385 g/mol. The number of anilines is 2. The Bertz CT molecular complexity index is 984. The maximum absolute atomic E-state index is 12.7. The zero-order valence-electron chi connectivity index (χ0n) is 14.9. The van der Waals surface area contributed by atoms with Crippen molar-refractivity contribution < 1.29 is 18.0 Å². The Kier molecular flexibility index (Phi) is 5.65. The SMILES string of the molecule is CSc1ccc(C(=O)Nc2cc(-c3ccc(C(F)(F)F)cc3)ccc2N)cc1. The Morgan fingerprint density at radius 2 is 1.54 bits per heavy atom. The van der Waals surface area contributed by atoms with E-state index in [0.29, 0.717) is 28.1 Å². The third kappa shape index (κ3) is 4.48. The highest BCUT2D eigenvalue weighted by molar-refractivity contribution is 7.98. The van der Waals surface area contributed by atoms with E-state index >= 15 is 0 Å². The van der Waals surface area contributed by atoms with Crippen LogP contribution in [0.25, 0.3) is 11.1 Å². The second kappa shape index (κ2) is 7.98. The molecule has 0 aromatic heterocycles. The summed E-state index contributed by atoms with van der Waals surface area (Å²) in [4.78, 5) is 13.5. The molecule has 3 aromatic carbocycles. The molecule has 3 nitrogen and oxygen atoms in total. The van der Waals surface area contributed by atoms with Crippen LogP contribution in [-0.4, -0.2) is 12.2 Å². The number of alkyl halides is 3. The minimum absolute atomic E-state index is 0.316. The Labute approximate surface area is 164 Å². The quantitative estimate of drug-likeness (QED) is 0.420. The number of carbonyl (C=O) groups excluding carboxylic acids is 1. The molecule has 3 rings (SSSR count). The highest BCUT2D eigenvalue weighted by Crippen LogP contribution is 2.32. The van der Waals surface area contributed by atoms with Gasteiger partial charge in [0.2, 0.25) is 0 Å². The first-order valence-corrected chi connectivity index (χ1v) is 9.53. The summed E-state index contributed by atoms with van der Waals surface area (Å²) >= 11 is 1.58. The standard InChI is InChI=1S/C21H17F3N2OS/c1-28-17-9-4-14(5-10-17)20(27)26-19-12-15(6-11-18(19)25)13-2-7-16(8-3-13)21(22,23)24/h2-12H,25H2,1H3,(H,26,27). The summed E-state index contributed by atoms with van der Waals surface area (Å²) in [5.74, 6) is -0.316. The molecule has 0 aliphatic rings. The van der Waals surface area contributed by atoms with Gasteiger partial charge in [0.05, 0.1) is 16.9 Å². The topological polar surface area (TPSA) is 55.1 Å². The highest BCUT2D eigenvalue weighted by atomic mass is 32.2. The lowest BCUT2D eigenvalue weighted by Gasteiger charge is -2.12. The third-order valence-electron chi connectivity index (χ3n) is 4.20. The summed E-state index contributed by atoms with van der Waals surface area (Å²) in [5.41, 5.74) is 7.73. The first-order chi connectivity index (χ1) is 13.3. The number of benzene rings is 3. The number of nitrogen functional groups attached to an aromatic ring is 1. The Morgan fingerprint density at radius 3 is 2.11 bits per heavy atom. The average Bonchev–Trinajstić information content (AvgIpc) is 2.69. The lowest BCUT2D eigenvalue weighted by atomic mass is 10.0. The van der Waals surface area contributed by atoms with Gasteiger partial charge in [-0.3, -0.25) is 4.79 Å². The van der Waals surface area contributed by atoms with Crippen molar-refractivity contribution in [3.8, 4) is 11.1 Å². The molecule has 0 heterocycles. The molecule has 0 atom stereocenters. The Balaban J connectivity index is 1.84. The molecule has 3 N–H and O–H groups in total. The molecule has 0 saturated heterocycles. The van der Waals surface area contributed by atoms with E-state index in [2.05, 4.69) is 5.32 Å². The molecule has 0 bridgehead atoms. The third-order valence-corrected chi connectivity index (χ3v) is 4.94. The van der Waals surface area contributed by atoms with Crippen LogP contribution in [0.15, 0.2) is 71.6 Å². The molecule has 0 spiro atoms. The highest BCUT2D eigenvalue weighted by Gasteiger charge is 2.29. The van der Waals surface area contributed by atoms with E-state index in [-0.39, 0.29) is 5.91 Å². The van der Waals surface area contributed by atoms with Crippen LogP contribution in [0.4, 0.5) is 24.5 Å². The smallest absolute Gasteiger partial charge is 0.397 e. The van der Waals surface area contributed by atoms with E-state index in [1.165, 1.54) is 12.1 Å². The van der Waals surface area contributed by atoms with Crippen molar-refractivity contribution in [2.24, 2.45) is 0 Å². The predicted molar refractivity (Wildman–Crippen MR) is 107 cm³/mol. The van der Waals surface area contributed by atoms with E-state index in [1.807, 2.05) is 18.4 Å². The van der Waals surface area contributed by atoms with Crippen LogP contribution < -0.4 is 11.1 Å². The van der Waals surface area contributed by atoms with Crippen LogP contribution in [0.1, 0.15) is 15.9 Å². The minimum Gasteiger partial charge on any atom is -0.397 e. The van der Waals surface area contributed by atoms with Gasteiger partial charge in [-0.25, -0.2) is 0 Å². The van der Waals surface area contributed by atoms with Gasteiger partial charge in [0.25, 0.3) is 5.91 Å². The van der Waals surface area contributed by atoms with Crippen LogP contribution in [0.2, 0.25) is 0 Å². The fourth-order valence-electron chi connectivity index (χ4n) is 2.63. The fourth-order valence-corrected chi connectivity index (χ4v) is 3.04. The number of carbonyl (C=O) groups is 1. The van der Waals surface area contributed by atoms with Crippen molar-refractivity contribution in [1.29, 1.82) is 0 Å². The van der Waals surface area contributed by atoms with Gasteiger partial charge < -0.3 is 11.1 Å². The summed E-state index contributed by atoms with van der Waals surface area (Å²) in [6.45, 7) is 0. The molecule has 0 aliphatic heterocycles. The summed E-state index contributed by atoms with van der Waals surface area (Å²) in [6.07, 6.45) is -2.44. The number of nitrogens with two attached hydrogens (primary N) is 1. The van der Waals surface area contributed by atoms with Crippen LogP contribution in [0.5, 0.6) is 0 Å². The number of hydrogen-bond acceptors (Lipinski definition) is 3. The number of hydrogen-bond donors (Lipinski definition) is 2. The van der Waals surface area contributed by atoms with Crippen LogP contribution in [0, 0.1) is 0 Å². The summed E-state index contributed by atoms with van der Waals surface area (Å²) in [6, 6.07) is 16.9. The van der Waals surface area contributed by atoms with Gasteiger partial charge >= 0.3 is 6.18 Å². The van der Waals surface area contributed by atoms with E-state index in [0.717, 1.165) is 17.0 Å². The molecule has 7 heteroatoms. The van der Waals surface area contributed by atoms with E-state index in [9.17, 15) is 18.0 Å². The molecule has 144 valence electrons. The van der Waals surface area contributed by atoms with Crippen molar-refractivity contribution >= 4 is 29.0 Å². The molecular formula is C21H17F3N2OS. The van der Waals surface area contributed by atoms with Crippen LogP contribution >= 0.6 is 11.8 Å². The van der Waals surface area contributed by atoms with Gasteiger partial charge in [-0.05, 0) is 65.9 Å². The van der Waals surface area contributed by atoms with Crippen LogP contribution in [-0.2, 0) is 6.18 Å². The van der Waals surface area contributed by atoms with E-state index < -0.39 is 11.7 Å². The summed E-state index contributed by atoms with van der Waals surface area (Å²) in [7, 11) is 0. The van der Waals surface area contributed by atoms with Gasteiger partial charge in [0.1, 0.15) is 0 Å². The normalized spacial score (nSPS) is 11.3. The van der Waals surface area contributed by atoms with Crippen molar-refractivity contribution in [3.63, 3.8) is 0 Å². The van der Waals surface area contributed by atoms with E-state index in [1.54, 1.807) is 42.1 Å². The fraction of sp³-hybridized carbons (Fsp3) is 0.0952. The number of amides is 1. The predicted octanol–water partition coefficient (Wildman–Crippen LogP) is 5.93. The van der Waals surface area contributed by atoms with Crippen molar-refractivity contribution in [2.75, 3.05) is 17.3 Å². The van der Waals surface area contributed by atoms with Gasteiger partial charge in [0.15, 0.2) is 0 Å². The van der Waals surface area contributed by atoms with Gasteiger partial charge in [-0.1, -0.05) is 18.2 Å². The minimum atomic E-state index is -4.38. The maximum atomic E-state index is 12.7. The molecule has 0 fully saturated rings. The number of halogens is 3. The second-order valence-electron chi connectivity index (χ2n) is 6.06. The zero-order valence-corrected chi connectivity index (χ0v) is 15.7. The average molecular weight is 402 g/mol. The Hall–Kier alpha value is -2.93. The lowest BCUT2D eigenvalue weighted by molar-refractivity contribution is -0.137. The molecule has 28 heavy (non-hydrogen) atoms. The van der Waals surface area contributed by atoms with Gasteiger partial charge in [-0.15, -0.1) is 11.8 Å². The number of nitrogens with one attached hydrogen (secondary N) is 1. The van der Waals surface area contributed by atoms with Gasteiger partial charge in [-0.2, -0.15) is 13.2 Å². The summed E-state index contributed by atoms with van der Waals surface area (Å²) < 4.78 is 38.2. The van der Waals surface area contributed by atoms with Crippen molar-refractivity contribution in [2.45, 2.75) is 11.1 Å². The molecule has 0 radical (unpaired) electrons. The van der Waals surface area contributed by atoms with Gasteiger partial charge in [0, 0.05) is 10.5 Å². The monoisotopic (exact) mass is 402 g/mol. The molecule has 0 unspecified atom stereocenters.